The van der Waals surface area contributed by atoms with Gasteiger partial charge < -0.3 is 10.6 Å². The molecule has 0 atom stereocenters. The summed E-state index contributed by atoms with van der Waals surface area (Å²) in [5.74, 6) is -1.39. The van der Waals surface area contributed by atoms with E-state index >= 15 is 0 Å². The third-order valence-electron chi connectivity index (χ3n) is 3.71. The summed E-state index contributed by atoms with van der Waals surface area (Å²) >= 11 is 0. The lowest BCUT2D eigenvalue weighted by molar-refractivity contribution is -0.137. The van der Waals surface area contributed by atoms with E-state index in [0.29, 0.717) is 6.07 Å². The highest BCUT2D eigenvalue weighted by molar-refractivity contribution is 7.89. The Morgan fingerprint density at radius 3 is 2.07 bits per heavy atom. The van der Waals surface area contributed by atoms with E-state index in [2.05, 4.69) is 15.4 Å². The summed E-state index contributed by atoms with van der Waals surface area (Å²) < 4.78 is 66.7. The predicted octanol–water partition coefficient (Wildman–Crippen LogP) is 3.60. The topological polar surface area (TPSA) is 104 Å². The Morgan fingerprint density at radius 1 is 0.967 bits per heavy atom. The van der Waals surface area contributed by atoms with Crippen molar-refractivity contribution in [2.24, 2.45) is 0 Å². The SMILES string of the molecule is CC(=O)Nc1ccc(NC(=O)c2ccc(S(=O)(=O)NC(C)C)cc2)c(C(F)(F)F)c1. The molecule has 0 unspecified atom stereocenters. The van der Waals surface area contributed by atoms with Gasteiger partial charge in [-0.3, -0.25) is 9.59 Å². The summed E-state index contributed by atoms with van der Waals surface area (Å²) in [5, 5.41) is 4.42. The first kappa shape index (κ1) is 23.4. The van der Waals surface area contributed by atoms with Crippen molar-refractivity contribution in [1.82, 2.24) is 4.72 Å². The summed E-state index contributed by atoms with van der Waals surface area (Å²) in [6.07, 6.45) is -4.78. The fourth-order valence-corrected chi connectivity index (χ4v) is 3.78. The zero-order valence-electron chi connectivity index (χ0n) is 16.3. The van der Waals surface area contributed by atoms with Crippen LogP contribution in [0.1, 0.15) is 36.7 Å². The number of rotatable bonds is 6. The lowest BCUT2D eigenvalue weighted by atomic mass is 10.1. The highest BCUT2D eigenvalue weighted by atomic mass is 32.2. The molecule has 0 aliphatic carbocycles. The van der Waals surface area contributed by atoms with Gasteiger partial charge >= 0.3 is 6.18 Å². The molecule has 162 valence electrons. The molecule has 0 radical (unpaired) electrons. The van der Waals surface area contributed by atoms with Crippen LogP contribution in [0.4, 0.5) is 24.5 Å². The molecule has 0 aliphatic rings. The van der Waals surface area contributed by atoms with Crippen molar-refractivity contribution in [3.05, 3.63) is 53.6 Å². The molecule has 0 saturated carbocycles. The van der Waals surface area contributed by atoms with Crippen LogP contribution in [0, 0.1) is 0 Å². The number of amides is 2. The Labute approximate surface area is 171 Å². The molecule has 7 nitrogen and oxygen atoms in total. The molecule has 2 amide bonds. The number of hydrogen-bond donors (Lipinski definition) is 3. The molecule has 0 heterocycles. The Morgan fingerprint density at radius 2 is 1.57 bits per heavy atom. The van der Waals surface area contributed by atoms with Crippen LogP contribution in [0.2, 0.25) is 0 Å². The van der Waals surface area contributed by atoms with Gasteiger partial charge in [-0.05, 0) is 56.3 Å². The van der Waals surface area contributed by atoms with Gasteiger partial charge in [0.2, 0.25) is 15.9 Å². The monoisotopic (exact) mass is 443 g/mol. The fraction of sp³-hybridized carbons (Fsp3) is 0.263. The van der Waals surface area contributed by atoms with Gasteiger partial charge in [0.15, 0.2) is 0 Å². The lowest BCUT2D eigenvalue weighted by Crippen LogP contribution is -2.30. The molecule has 0 spiro atoms. The smallest absolute Gasteiger partial charge is 0.326 e. The second-order valence-corrected chi connectivity index (χ2v) is 8.41. The first-order chi connectivity index (χ1) is 13.8. The van der Waals surface area contributed by atoms with Crippen LogP contribution >= 0.6 is 0 Å². The zero-order valence-corrected chi connectivity index (χ0v) is 17.1. The molecule has 0 fully saturated rings. The van der Waals surface area contributed by atoms with Crippen molar-refractivity contribution in [3.63, 3.8) is 0 Å². The van der Waals surface area contributed by atoms with Crippen molar-refractivity contribution in [2.45, 2.75) is 37.9 Å². The van der Waals surface area contributed by atoms with Crippen LogP contribution in [-0.4, -0.2) is 26.3 Å². The molecule has 0 saturated heterocycles. The number of sulfonamides is 1. The van der Waals surface area contributed by atoms with E-state index in [1.54, 1.807) is 13.8 Å². The minimum absolute atomic E-state index is 0.0300. The molecule has 30 heavy (non-hydrogen) atoms. The maximum atomic E-state index is 13.4. The van der Waals surface area contributed by atoms with Crippen molar-refractivity contribution < 1.29 is 31.2 Å². The van der Waals surface area contributed by atoms with Crippen molar-refractivity contribution in [2.75, 3.05) is 10.6 Å². The van der Waals surface area contributed by atoms with E-state index in [9.17, 15) is 31.2 Å². The van der Waals surface area contributed by atoms with Crippen LogP contribution in [0.15, 0.2) is 47.4 Å². The molecule has 2 aromatic carbocycles. The van der Waals surface area contributed by atoms with Crippen molar-refractivity contribution in [3.8, 4) is 0 Å². The van der Waals surface area contributed by atoms with Crippen molar-refractivity contribution >= 4 is 33.2 Å². The highest BCUT2D eigenvalue weighted by Gasteiger charge is 2.34. The number of nitrogens with one attached hydrogen (secondary N) is 3. The number of alkyl halides is 3. The average Bonchev–Trinajstić information content (AvgIpc) is 2.60. The predicted molar refractivity (Wildman–Crippen MR) is 106 cm³/mol. The van der Waals surface area contributed by atoms with Gasteiger partial charge in [-0.15, -0.1) is 0 Å². The van der Waals surface area contributed by atoms with E-state index in [1.165, 1.54) is 30.3 Å². The summed E-state index contributed by atoms with van der Waals surface area (Å²) in [6.45, 7) is 4.45. The average molecular weight is 443 g/mol. The minimum Gasteiger partial charge on any atom is -0.326 e. The van der Waals surface area contributed by atoms with Crippen LogP contribution in [-0.2, 0) is 21.0 Å². The maximum absolute atomic E-state index is 13.4. The zero-order chi connectivity index (χ0) is 22.7. The van der Waals surface area contributed by atoms with Crippen LogP contribution in [0.5, 0.6) is 0 Å². The Bertz CT molecular complexity index is 1050. The van der Waals surface area contributed by atoms with Gasteiger partial charge in [-0.1, -0.05) is 0 Å². The highest BCUT2D eigenvalue weighted by Crippen LogP contribution is 2.36. The van der Waals surface area contributed by atoms with E-state index in [-0.39, 0.29) is 22.2 Å². The summed E-state index contributed by atoms with van der Waals surface area (Å²) in [5.41, 5.74) is -1.74. The minimum atomic E-state index is -4.78. The molecule has 2 rings (SSSR count). The first-order valence-corrected chi connectivity index (χ1v) is 10.2. The third-order valence-corrected chi connectivity index (χ3v) is 5.39. The summed E-state index contributed by atoms with van der Waals surface area (Å²) in [7, 11) is -3.77. The molecule has 0 aliphatic heterocycles. The van der Waals surface area contributed by atoms with Gasteiger partial charge in [0.25, 0.3) is 5.91 Å². The number of hydrogen-bond acceptors (Lipinski definition) is 4. The van der Waals surface area contributed by atoms with Crippen LogP contribution in [0.3, 0.4) is 0 Å². The number of carbonyl (C=O) groups is 2. The number of carbonyl (C=O) groups excluding carboxylic acids is 2. The van der Waals surface area contributed by atoms with E-state index < -0.39 is 39.3 Å². The van der Waals surface area contributed by atoms with Gasteiger partial charge in [-0.2, -0.15) is 13.2 Å². The molecule has 2 aromatic rings. The third kappa shape index (κ3) is 6.04. The molecule has 0 aromatic heterocycles. The Balaban J connectivity index is 2.28. The van der Waals surface area contributed by atoms with Gasteiger partial charge in [0, 0.05) is 24.2 Å². The van der Waals surface area contributed by atoms with Gasteiger partial charge in [0.05, 0.1) is 16.1 Å². The molecule has 3 N–H and O–H groups in total. The lowest BCUT2D eigenvalue weighted by Gasteiger charge is -2.16. The van der Waals surface area contributed by atoms with Crippen LogP contribution < -0.4 is 15.4 Å². The largest absolute Gasteiger partial charge is 0.418 e. The van der Waals surface area contributed by atoms with Crippen molar-refractivity contribution in [1.29, 1.82) is 0 Å². The van der Waals surface area contributed by atoms with Crippen LogP contribution in [0.25, 0.3) is 0 Å². The molecule has 11 heteroatoms. The van der Waals surface area contributed by atoms with E-state index in [4.69, 9.17) is 0 Å². The number of anilines is 2. The summed E-state index contributed by atoms with van der Waals surface area (Å²) in [6, 6.07) is 7.39. The fourth-order valence-electron chi connectivity index (χ4n) is 2.53. The molecular formula is C19H20F3N3O4S. The summed E-state index contributed by atoms with van der Waals surface area (Å²) in [4.78, 5) is 23.4. The second-order valence-electron chi connectivity index (χ2n) is 6.69. The number of halogens is 3. The van der Waals surface area contributed by atoms with Gasteiger partial charge in [-0.25, -0.2) is 13.1 Å². The molecular weight excluding hydrogens is 423 g/mol. The van der Waals surface area contributed by atoms with E-state index in [0.717, 1.165) is 13.0 Å². The standard InChI is InChI=1S/C19H20F3N3O4S/c1-11(2)25-30(28,29)15-7-4-13(5-8-15)18(27)24-17-9-6-14(23-12(3)26)10-16(17)19(20,21)22/h4-11,25H,1-3H3,(H,23,26)(H,24,27). The second kappa shape index (κ2) is 8.84. The normalized spacial score (nSPS) is 12.0. The number of benzene rings is 2. The van der Waals surface area contributed by atoms with E-state index in [1.807, 2.05) is 0 Å². The quantitative estimate of drug-likeness (QED) is 0.635. The molecule has 0 bridgehead atoms. The maximum Gasteiger partial charge on any atom is 0.418 e. The Kier molecular flexibility index (Phi) is 6.88. The Hall–Kier alpha value is -2.92. The first-order valence-electron chi connectivity index (χ1n) is 8.72. The van der Waals surface area contributed by atoms with Gasteiger partial charge in [0.1, 0.15) is 0 Å².